The predicted molar refractivity (Wildman–Crippen MR) is 110 cm³/mol. The van der Waals surface area contributed by atoms with E-state index in [0.29, 0.717) is 24.7 Å². The third-order valence-electron chi connectivity index (χ3n) is 6.54. The zero-order valence-corrected chi connectivity index (χ0v) is 17.4. The fraction of sp³-hybridized carbons (Fsp3) is 0.500. The SMILES string of the molecule is Cc1cc(C(=O)N2CCC(CC3CC3)(c3noc(-c4ccncc4)n3)CC2)nn1C. The van der Waals surface area contributed by atoms with Crippen LogP contribution in [0.3, 0.4) is 0 Å². The molecule has 0 spiro atoms. The fourth-order valence-corrected chi connectivity index (χ4v) is 4.41. The van der Waals surface area contributed by atoms with Crippen LogP contribution in [0.25, 0.3) is 11.5 Å². The first-order valence-corrected chi connectivity index (χ1v) is 10.6. The summed E-state index contributed by atoms with van der Waals surface area (Å²) in [4.78, 5) is 23.7. The molecule has 0 radical (unpaired) electrons. The standard InChI is InChI=1S/C22H26N6O2/c1-15-13-18(25-27(15)2)20(29)28-11-7-22(8-12-28,14-16-3-4-16)21-24-19(30-26-21)17-5-9-23-10-6-17/h5-6,9-10,13,16H,3-4,7-8,11-12,14H2,1-2H3. The quantitative estimate of drug-likeness (QED) is 0.647. The second-order valence-corrected chi connectivity index (χ2v) is 8.67. The molecule has 3 aromatic heterocycles. The first kappa shape index (κ1) is 19.0. The molecule has 1 saturated carbocycles. The Bertz CT molecular complexity index is 1030. The van der Waals surface area contributed by atoms with Crippen molar-refractivity contribution in [3.63, 3.8) is 0 Å². The molecule has 0 N–H and O–H groups in total. The number of piperidine rings is 1. The molecular weight excluding hydrogens is 380 g/mol. The van der Waals surface area contributed by atoms with Crippen LogP contribution in [0.1, 0.15) is 54.1 Å². The van der Waals surface area contributed by atoms with Crippen LogP contribution in [-0.4, -0.2) is 48.8 Å². The first-order valence-electron chi connectivity index (χ1n) is 10.6. The number of amides is 1. The van der Waals surface area contributed by atoms with E-state index in [1.165, 1.54) is 12.8 Å². The Kier molecular flexibility index (Phi) is 4.64. The summed E-state index contributed by atoms with van der Waals surface area (Å²) in [5.74, 6) is 2.05. The maximum absolute atomic E-state index is 12.9. The highest BCUT2D eigenvalue weighted by molar-refractivity contribution is 5.92. The van der Waals surface area contributed by atoms with Crippen molar-refractivity contribution in [2.24, 2.45) is 13.0 Å². The predicted octanol–water partition coefficient (Wildman–Crippen LogP) is 3.15. The zero-order chi connectivity index (χ0) is 20.7. The number of rotatable bonds is 5. The molecule has 2 aliphatic rings. The smallest absolute Gasteiger partial charge is 0.274 e. The van der Waals surface area contributed by atoms with Gasteiger partial charge in [0.15, 0.2) is 11.5 Å². The van der Waals surface area contributed by atoms with Gasteiger partial charge in [-0.2, -0.15) is 10.1 Å². The van der Waals surface area contributed by atoms with Gasteiger partial charge in [0.05, 0.1) is 0 Å². The molecule has 8 heteroatoms. The van der Waals surface area contributed by atoms with Gasteiger partial charge in [-0.05, 0) is 50.3 Å². The molecule has 0 unspecified atom stereocenters. The molecule has 1 aliphatic carbocycles. The van der Waals surface area contributed by atoms with Gasteiger partial charge in [0.25, 0.3) is 11.8 Å². The van der Waals surface area contributed by atoms with E-state index in [0.717, 1.165) is 42.3 Å². The van der Waals surface area contributed by atoms with Crippen molar-refractivity contribution in [3.05, 3.63) is 47.8 Å². The van der Waals surface area contributed by atoms with Crippen molar-refractivity contribution in [3.8, 4) is 11.5 Å². The number of likely N-dealkylation sites (tertiary alicyclic amines) is 1. The summed E-state index contributed by atoms with van der Waals surface area (Å²) in [5, 5.41) is 8.74. The van der Waals surface area contributed by atoms with Gasteiger partial charge in [0.1, 0.15) is 0 Å². The minimum Gasteiger partial charge on any atom is -0.337 e. The summed E-state index contributed by atoms with van der Waals surface area (Å²) in [7, 11) is 1.86. The van der Waals surface area contributed by atoms with E-state index in [2.05, 4.69) is 15.2 Å². The minimum absolute atomic E-state index is 0.00399. The maximum atomic E-state index is 12.9. The second kappa shape index (κ2) is 7.34. The van der Waals surface area contributed by atoms with Gasteiger partial charge in [0, 0.05) is 49.2 Å². The number of hydrogen-bond acceptors (Lipinski definition) is 6. The molecule has 156 valence electrons. The van der Waals surface area contributed by atoms with E-state index in [4.69, 9.17) is 9.51 Å². The number of nitrogens with zero attached hydrogens (tertiary/aromatic N) is 6. The highest BCUT2D eigenvalue weighted by atomic mass is 16.5. The largest absolute Gasteiger partial charge is 0.337 e. The number of hydrogen-bond donors (Lipinski definition) is 0. The molecule has 1 saturated heterocycles. The van der Waals surface area contributed by atoms with Crippen LogP contribution in [0.15, 0.2) is 35.1 Å². The third-order valence-corrected chi connectivity index (χ3v) is 6.54. The zero-order valence-electron chi connectivity index (χ0n) is 17.4. The molecule has 8 nitrogen and oxygen atoms in total. The highest BCUT2D eigenvalue weighted by Crippen LogP contribution is 2.46. The lowest BCUT2D eigenvalue weighted by atomic mass is 9.73. The topological polar surface area (TPSA) is 89.9 Å². The summed E-state index contributed by atoms with van der Waals surface area (Å²) < 4.78 is 7.35. The van der Waals surface area contributed by atoms with Crippen LogP contribution in [0.2, 0.25) is 0 Å². The normalized spacial score (nSPS) is 18.5. The average Bonchev–Trinajstić information content (AvgIpc) is 3.31. The second-order valence-electron chi connectivity index (χ2n) is 8.67. The minimum atomic E-state index is -0.132. The van der Waals surface area contributed by atoms with Gasteiger partial charge in [-0.15, -0.1) is 0 Å². The highest BCUT2D eigenvalue weighted by Gasteiger charge is 2.45. The van der Waals surface area contributed by atoms with Gasteiger partial charge in [-0.25, -0.2) is 0 Å². The van der Waals surface area contributed by atoms with Crippen molar-refractivity contribution >= 4 is 5.91 Å². The third kappa shape index (κ3) is 3.51. The van der Waals surface area contributed by atoms with Crippen molar-refractivity contribution < 1.29 is 9.32 Å². The summed E-state index contributed by atoms with van der Waals surface area (Å²) in [5.41, 5.74) is 2.24. The van der Waals surface area contributed by atoms with E-state index in [-0.39, 0.29) is 11.3 Å². The fourth-order valence-electron chi connectivity index (χ4n) is 4.41. The number of pyridine rings is 1. The molecule has 0 aromatic carbocycles. The maximum Gasteiger partial charge on any atom is 0.274 e. The van der Waals surface area contributed by atoms with Crippen LogP contribution in [0, 0.1) is 12.8 Å². The van der Waals surface area contributed by atoms with E-state index in [1.807, 2.05) is 37.1 Å². The lowest BCUT2D eigenvalue weighted by molar-refractivity contribution is 0.0639. The van der Waals surface area contributed by atoms with Crippen LogP contribution >= 0.6 is 0 Å². The Morgan fingerprint density at radius 3 is 2.60 bits per heavy atom. The first-order chi connectivity index (χ1) is 14.5. The Balaban J connectivity index is 1.36. The number of carbonyl (C=O) groups excluding carboxylic acids is 1. The van der Waals surface area contributed by atoms with Crippen molar-refractivity contribution in [2.45, 2.75) is 44.4 Å². The number of aryl methyl sites for hydroxylation is 2. The molecule has 30 heavy (non-hydrogen) atoms. The molecule has 4 heterocycles. The Morgan fingerprint density at radius 2 is 1.97 bits per heavy atom. The van der Waals surface area contributed by atoms with Crippen LogP contribution in [0.4, 0.5) is 0 Å². The summed E-state index contributed by atoms with van der Waals surface area (Å²) >= 11 is 0. The van der Waals surface area contributed by atoms with E-state index < -0.39 is 0 Å². The molecule has 5 rings (SSSR count). The van der Waals surface area contributed by atoms with Crippen molar-refractivity contribution in [2.75, 3.05) is 13.1 Å². The van der Waals surface area contributed by atoms with E-state index >= 15 is 0 Å². The molecule has 1 aliphatic heterocycles. The monoisotopic (exact) mass is 406 g/mol. The van der Waals surface area contributed by atoms with Crippen molar-refractivity contribution in [1.29, 1.82) is 0 Å². The molecule has 0 atom stereocenters. The molecule has 1 amide bonds. The van der Waals surface area contributed by atoms with Gasteiger partial charge < -0.3 is 9.42 Å². The Morgan fingerprint density at radius 1 is 1.23 bits per heavy atom. The van der Waals surface area contributed by atoms with Gasteiger partial charge in [-0.1, -0.05) is 18.0 Å². The average molecular weight is 406 g/mol. The lowest BCUT2D eigenvalue weighted by Crippen LogP contribution is -2.46. The molecular formula is C22H26N6O2. The molecule has 0 bridgehead atoms. The van der Waals surface area contributed by atoms with Crippen LogP contribution < -0.4 is 0 Å². The van der Waals surface area contributed by atoms with Crippen LogP contribution in [-0.2, 0) is 12.5 Å². The number of aromatic nitrogens is 5. The molecule has 2 fully saturated rings. The summed E-state index contributed by atoms with van der Waals surface area (Å²) in [6.07, 6.45) is 8.74. The van der Waals surface area contributed by atoms with Crippen LogP contribution in [0.5, 0.6) is 0 Å². The summed E-state index contributed by atoms with van der Waals surface area (Å²) in [6, 6.07) is 5.61. The number of carbonyl (C=O) groups is 1. The van der Waals surface area contributed by atoms with E-state index in [1.54, 1.807) is 17.1 Å². The van der Waals surface area contributed by atoms with Gasteiger partial charge in [0.2, 0.25) is 0 Å². The van der Waals surface area contributed by atoms with Gasteiger partial charge >= 0.3 is 0 Å². The summed E-state index contributed by atoms with van der Waals surface area (Å²) in [6.45, 7) is 3.32. The Hall–Kier alpha value is -3.03. The van der Waals surface area contributed by atoms with Gasteiger partial charge in [-0.3, -0.25) is 14.5 Å². The van der Waals surface area contributed by atoms with Crippen molar-refractivity contribution in [1.82, 2.24) is 29.8 Å². The van der Waals surface area contributed by atoms with E-state index in [9.17, 15) is 4.79 Å². The lowest BCUT2D eigenvalue weighted by Gasteiger charge is -2.39. The molecule has 3 aromatic rings. The Labute approximate surface area is 175 Å².